The standard InChI is InChI=1S/C10H13N8O7P/c11-8-5-9(14-2-13-8)18(3-15-5)10(16-17-12)7(20)6(19)4(25-10)1-24-26(21,22)23/h2-4,6-7,19-20H,1H2,(H2,11,13,14)(H2,21,22,23)/t4-,6-,7-,10+/m1/s1. The number of ether oxygens (including phenoxy) is 1. The van der Waals surface area contributed by atoms with Crippen LogP contribution in [-0.4, -0.2) is 64.4 Å². The molecule has 26 heavy (non-hydrogen) atoms. The quantitative estimate of drug-likeness (QED) is 0.172. The van der Waals surface area contributed by atoms with Gasteiger partial charge in [-0.05, 0) is 10.6 Å². The molecule has 16 heteroatoms. The molecule has 3 rings (SSSR count). The normalized spacial score (nSPS) is 29.0. The first kappa shape index (κ1) is 18.4. The number of imidazole rings is 1. The summed E-state index contributed by atoms with van der Waals surface area (Å²) >= 11 is 0. The molecule has 2 aromatic rings. The van der Waals surface area contributed by atoms with E-state index in [1.807, 2.05) is 0 Å². The highest BCUT2D eigenvalue weighted by Crippen LogP contribution is 2.42. The predicted octanol–water partition coefficient (Wildman–Crippen LogP) is -1.44. The van der Waals surface area contributed by atoms with Crippen LogP contribution in [0.1, 0.15) is 0 Å². The third-order valence-corrected chi connectivity index (χ3v) is 4.20. The molecule has 4 atom stereocenters. The van der Waals surface area contributed by atoms with Gasteiger partial charge in [-0.25, -0.2) is 19.5 Å². The molecule has 0 bridgehead atoms. The lowest BCUT2D eigenvalue weighted by molar-refractivity contribution is -0.140. The summed E-state index contributed by atoms with van der Waals surface area (Å²) in [5.41, 5.74) is 14.7. The molecule has 2 aromatic heterocycles. The third-order valence-electron chi connectivity index (χ3n) is 3.72. The lowest BCUT2D eigenvalue weighted by Gasteiger charge is -2.28. The lowest BCUT2D eigenvalue weighted by atomic mass is 10.1. The lowest BCUT2D eigenvalue weighted by Crippen LogP contribution is -2.43. The summed E-state index contributed by atoms with van der Waals surface area (Å²) in [5, 5.41) is 24.0. The Bertz CT molecular complexity index is 925. The SMILES string of the molecule is [N-]=[N+]=N[C@@]1(n2cnc3c(N)ncnc32)O[C@H](COP(=O)(O)O)[C@@H](O)[C@H]1O. The molecule has 1 saturated heterocycles. The fraction of sp³-hybridized carbons (Fsp3) is 0.500. The van der Waals surface area contributed by atoms with Gasteiger partial charge in [-0.3, -0.25) is 9.09 Å². The Morgan fingerprint density at radius 1 is 1.46 bits per heavy atom. The Morgan fingerprint density at radius 2 is 2.19 bits per heavy atom. The largest absolute Gasteiger partial charge is 0.469 e. The van der Waals surface area contributed by atoms with Gasteiger partial charge >= 0.3 is 7.82 Å². The first-order valence-corrected chi connectivity index (χ1v) is 8.47. The Kier molecular flexibility index (Phi) is 4.56. The molecule has 0 saturated carbocycles. The van der Waals surface area contributed by atoms with E-state index in [0.29, 0.717) is 0 Å². The number of nitrogens with two attached hydrogens (primary N) is 1. The minimum absolute atomic E-state index is 0.0132. The van der Waals surface area contributed by atoms with Gasteiger partial charge in [0.25, 0.3) is 5.85 Å². The molecule has 1 fully saturated rings. The zero-order chi connectivity index (χ0) is 19.1. The second-order valence-corrected chi connectivity index (χ2v) is 6.51. The van der Waals surface area contributed by atoms with E-state index in [-0.39, 0.29) is 17.0 Å². The van der Waals surface area contributed by atoms with Gasteiger partial charge in [-0.2, -0.15) is 0 Å². The average molecular weight is 388 g/mol. The number of phosphoric acid groups is 1. The number of azide groups is 1. The molecule has 140 valence electrons. The van der Waals surface area contributed by atoms with E-state index in [9.17, 15) is 14.8 Å². The topological polar surface area (TPSA) is 235 Å². The van der Waals surface area contributed by atoms with Crippen molar-refractivity contribution in [2.24, 2.45) is 5.11 Å². The van der Waals surface area contributed by atoms with Gasteiger partial charge in [0.1, 0.15) is 30.2 Å². The highest BCUT2D eigenvalue weighted by atomic mass is 31.2. The van der Waals surface area contributed by atoms with Crippen molar-refractivity contribution in [2.45, 2.75) is 24.2 Å². The summed E-state index contributed by atoms with van der Waals surface area (Å²) in [6.07, 6.45) is -2.76. The second-order valence-electron chi connectivity index (χ2n) is 5.27. The maximum Gasteiger partial charge on any atom is 0.469 e. The number of anilines is 1. The van der Waals surface area contributed by atoms with Gasteiger partial charge in [-0.15, -0.1) is 0 Å². The molecule has 0 spiro atoms. The number of hydrogen-bond acceptors (Lipinski definition) is 10. The summed E-state index contributed by atoms with van der Waals surface area (Å²) < 4.78 is 21.6. The van der Waals surface area contributed by atoms with E-state index in [1.54, 1.807) is 0 Å². The number of nitrogen functional groups attached to an aromatic ring is 1. The van der Waals surface area contributed by atoms with Gasteiger partial charge in [0.15, 0.2) is 11.5 Å². The summed E-state index contributed by atoms with van der Waals surface area (Å²) in [6.45, 7) is -0.783. The van der Waals surface area contributed by atoms with Crippen molar-refractivity contribution < 1.29 is 33.8 Å². The van der Waals surface area contributed by atoms with Gasteiger partial charge in [-0.1, -0.05) is 0 Å². The summed E-state index contributed by atoms with van der Waals surface area (Å²) in [7, 11) is -4.86. The average Bonchev–Trinajstić information content (AvgIpc) is 3.10. The van der Waals surface area contributed by atoms with E-state index in [2.05, 4.69) is 29.5 Å². The summed E-state index contributed by atoms with van der Waals surface area (Å²) in [4.78, 5) is 31.8. The van der Waals surface area contributed by atoms with Crippen LogP contribution in [0, 0.1) is 0 Å². The maximum atomic E-state index is 10.8. The zero-order valence-electron chi connectivity index (χ0n) is 12.8. The fourth-order valence-corrected chi connectivity index (χ4v) is 2.91. The number of aromatic nitrogens is 4. The van der Waals surface area contributed by atoms with Gasteiger partial charge in [0, 0.05) is 4.91 Å². The van der Waals surface area contributed by atoms with Crippen LogP contribution in [0.5, 0.6) is 0 Å². The Hall–Kier alpha value is -2.35. The van der Waals surface area contributed by atoms with Crippen molar-refractivity contribution in [1.29, 1.82) is 0 Å². The van der Waals surface area contributed by atoms with Crippen LogP contribution < -0.4 is 5.73 Å². The first-order valence-electron chi connectivity index (χ1n) is 6.94. The summed E-state index contributed by atoms with van der Waals surface area (Å²) in [6, 6.07) is 0. The highest BCUT2D eigenvalue weighted by Gasteiger charge is 2.56. The Balaban J connectivity index is 2.06. The van der Waals surface area contributed by atoms with Crippen LogP contribution in [0.3, 0.4) is 0 Å². The number of fused-ring (bicyclic) bond motifs is 1. The molecule has 0 aromatic carbocycles. The minimum atomic E-state index is -4.86. The molecule has 0 unspecified atom stereocenters. The molecule has 0 aliphatic carbocycles. The number of hydrogen-bond donors (Lipinski definition) is 5. The van der Waals surface area contributed by atoms with Crippen molar-refractivity contribution >= 4 is 24.8 Å². The number of phosphoric ester groups is 1. The number of rotatable bonds is 5. The third kappa shape index (κ3) is 2.98. The monoisotopic (exact) mass is 388 g/mol. The Morgan fingerprint density at radius 3 is 2.85 bits per heavy atom. The van der Waals surface area contributed by atoms with E-state index >= 15 is 0 Å². The molecule has 1 aliphatic heterocycles. The number of nitrogens with zero attached hydrogens (tertiary/aromatic N) is 7. The smallest absolute Gasteiger partial charge is 0.387 e. The minimum Gasteiger partial charge on any atom is -0.387 e. The van der Waals surface area contributed by atoms with Crippen LogP contribution in [0.25, 0.3) is 21.6 Å². The van der Waals surface area contributed by atoms with Crippen LogP contribution in [0.4, 0.5) is 5.82 Å². The molecule has 0 amide bonds. The molecular formula is C10H13N8O7P. The predicted molar refractivity (Wildman–Crippen MR) is 81.7 cm³/mol. The van der Waals surface area contributed by atoms with Crippen molar-refractivity contribution in [2.75, 3.05) is 12.3 Å². The van der Waals surface area contributed by atoms with Crippen molar-refractivity contribution in [3.63, 3.8) is 0 Å². The van der Waals surface area contributed by atoms with Crippen molar-refractivity contribution in [3.8, 4) is 0 Å². The van der Waals surface area contributed by atoms with Gasteiger partial charge in [0.2, 0.25) is 0 Å². The molecule has 1 aliphatic rings. The van der Waals surface area contributed by atoms with E-state index in [0.717, 1.165) is 17.2 Å². The molecule has 15 nitrogen and oxygen atoms in total. The fourth-order valence-electron chi connectivity index (χ4n) is 2.57. The number of aliphatic hydroxyl groups is 2. The number of aliphatic hydroxyl groups excluding tert-OH is 2. The zero-order valence-corrected chi connectivity index (χ0v) is 13.7. The van der Waals surface area contributed by atoms with Gasteiger partial charge in [0.05, 0.1) is 12.9 Å². The van der Waals surface area contributed by atoms with Crippen molar-refractivity contribution in [1.82, 2.24) is 19.5 Å². The molecule has 6 N–H and O–H groups in total. The van der Waals surface area contributed by atoms with Crippen LogP contribution in [0.15, 0.2) is 17.8 Å². The van der Waals surface area contributed by atoms with E-state index in [1.165, 1.54) is 0 Å². The maximum absolute atomic E-state index is 10.8. The van der Waals surface area contributed by atoms with Crippen LogP contribution in [-0.2, 0) is 19.7 Å². The second kappa shape index (κ2) is 6.42. The van der Waals surface area contributed by atoms with Crippen molar-refractivity contribution in [3.05, 3.63) is 23.1 Å². The molecule has 3 heterocycles. The first-order chi connectivity index (χ1) is 12.2. The molecule has 0 radical (unpaired) electrons. The Labute approximate surface area is 143 Å². The van der Waals surface area contributed by atoms with E-state index < -0.39 is 38.6 Å². The molecular weight excluding hydrogens is 375 g/mol. The van der Waals surface area contributed by atoms with Gasteiger partial charge < -0.3 is 30.5 Å². The highest BCUT2D eigenvalue weighted by molar-refractivity contribution is 7.46. The summed E-state index contributed by atoms with van der Waals surface area (Å²) in [5.74, 6) is -2.23. The van der Waals surface area contributed by atoms with Crippen LogP contribution in [0.2, 0.25) is 0 Å². The van der Waals surface area contributed by atoms with E-state index in [4.69, 9.17) is 25.8 Å². The van der Waals surface area contributed by atoms with Crippen LogP contribution >= 0.6 is 7.82 Å².